The number of nitrogens with two attached hydrogens (primary N) is 1. The lowest BCUT2D eigenvalue weighted by molar-refractivity contribution is 0.0864. The van der Waals surface area contributed by atoms with Crippen molar-refractivity contribution in [1.82, 2.24) is 0 Å². The Hall–Kier alpha value is -0.280. The van der Waals surface area contributed by atoms with Gasteiger partial charge in [-0.3, -0.25) is 0 Å². The first-order valence-electron chi connectivity index (χ1n) is 5.77. The number of hydrogen-bond donors (Lipinski definition) is 2. The van der Waals surface area contributed by atoms with Gasteiger partial charge in [-0.15, -0.1) is 0 Å². The van der Waals surface area contributed by atoms with E-state index in [0.29, 0.717) is 28.9 Å². The van der Waals surface area contributed by atoms with Crippen LogP contribution < -0.4 is 5.73 Å². The lowest BCUT2D eigenvalue weighted by atomic mass is 9.87. The SMILES string of the molecule is CC(C)C(CN)C(O)Cc1ccc(Cl)cc1Cl. The molecule has 2 nitrogen and oxygen atoms in total. The summed E-state index contributed by atoms with van der Waals surface area (Å²) in [6, 6.07) is 5.32. The van der Waals surface area contributed by atoms with Gasteiger partial charge in [-0.2, -0.15) is 0 Å². The third-order valence-electron chi connectivity index (χ3n) is 3.07. The van der Waals surface area contributed by atoms with Crippen LogP contribution >= 0.6 is 23.2 Å². The van der Waals surface area contributed by atoms with Crippen molar-refractivity contribution < 1.29 is 5.11 Å². The molecule has 4 heteroatoms. The molecule has 0 aromatic heterocycles. The first kappa shape index (κ1) is 14.8. The van der Waals surface area contributed by atoms with Crippen molar-refractivity contribution in [2.75, 3.05) is 6.54 Å². The third kappa shape index (κ3) is 4.14. The number of aliphatic hydroxyl groups excluding tert-OH is 1. The molecule has 0 heterocycles. The molecule has 0 fully saturated rings. The quantitative estimate of drug-likeness (QED) is 0.868. The molecule has 2 unspecified atom stereocenters. The lowest BCUT2D eigenvalue weighted by Gasteiger charge is -2.25. The molecule has 0 saturated carbocycles. The summed E-state index contributed by atoms with van der Waals surface area (Å²) in [5, 5.41) is 11.4. The summed E-state index contributed by atoms with van der Waals surface area (Å²) >= 11 is 11.9. The minimum atomic E-state index is -0.473. The van der Waals surface area contributed by atoms with Crippen LogP contribution in [0.15, 0.2) is 18.2 Å². The molecule has 0 aliphatic carbocycles. The number of halogens is 2. The van der Waals surface area contributed by atoms with Crippen molar-refractivity contribution in [2.24, 2.45) is 17.6 Å². The van der Waals surface area contributed by atoms with Crippen LogP contribution in [0, 0.1) is 11.8 Å². The zero-order valence-corrected chi connectivity index (χ0v) is 11.7. The van der Waals surface area contributed by atoms with E-state index >= 15 is 0 Å². The highest BCUT2D eigenvalue weighted by Crippen LogP contribution is 2.25. The van der Waals surface area contributed by atoms with Gasteiger partial charge in [-0.1, -0.05) is 43.1 Å². The number of hydrogen-bond acceptors (Lipinski definition) is 2. The maximum Gasteiger partial charge on any atom is 0.0623 e. The second-order valence-electron chi connectivity index (χ2n) is 4.65. The van der Waals surface area contributed by atoms with Gasteiger partial charge in [0.05, 0.1) is 6.10 Å². The molecule has 0 radical (unpaired) electrons. The van der Waals surface area contributed by atoms with Crippen LogP contribution in [0.3, 0.4) is 0 Å². The van der Waals surface area contributed by atoms with E-state index < -0.39 is 6.10 Å². The standard InChI is InChI=1S/C13H19Cl2NO/c1-8(2)11(7-16)13(17)5-9-3-4-10(14)6-12(9)15/h3-4,6,8,11,13,17H,5,7,16H2,1-2H3. The highest BCUT2D eigenvalue weighted by atomic mass is 35.5. The first-order chi connectivity index (χ1) is 7.95. The van der Waals surface area contributed by atoms with E-state index in [9.17, 15) is 5.11 Å². The molecule has 17 heavy (non-hydrogen) atoms. The van der Waals surface area contributed by atoms with Crippen LogP contribution in [-0.4, -0.2) is 17.8 Å². The molecule has 1 aromatic carbocycles. The van der Waals surface area contributed by atoms with E-state index in [1.165, 1.54) is 0 Å². The van der Waals surface area contributed by atoms with Crippen LogP contribution in [0.5, 0.6) is 0 Å². The minimum Gasteiger partial charge on any atom is -0.392 e. The molecule has 96 valence electrons. The maximum absolute atomic E-state index is 10.2. The predicted molar refractivity (Wildman–Crippen MR) is 73.6 cm³/mol. The number of benzene rings is 1. The highest BCUT2D eigenvalue weighted by Gasteiger charge is 2.22. The monoisotopic (exact) mass is 275 g/mol. The Labute approximate surface area is 113 Å². The zero-order chi connectivity index (χ0) is 13.0. The summed E-state index contributed by atoms with van der Waals surface area (Å²) in [6.07, 6.45) is 0.0365. The topological polar surface area (TPSA) is 46.2 Å². The Bertz CT molecular complexity index is 368. The predicted octanol–water partition coefficient (Wildman–Crippen LogP) is 3.13. The summed E-state index contributed by atoms with van der Waals surface area (Å²) < 4.78 is 0. The van der Waals surface area contributed by atoms with Crippen molar-refractivity contribution in [3.8, 4) is 0 Å². The molecule has 2 atom stereocenters. The van der Waals surface area contributed by atoms with Crippen LogP contribution in [0.2, 0.25) is 10.0 Å². The van der Waals surface area contributed by atoms with E-state index in [4.69, 9.17) is 28.9 Å². The highest BCUT2D eigenvalue weighted by molar-refractivity contribution is 6.35. The molecule has 0 amide bonds. The minimum absolute atomic E-state index is 0.0849. The summed E-state index contributed by atoms with van der Waals surface area (Å²) in [5.74, 6) is 0.433. The summed E-state index contributed by atoms with van der Waals surface area (Å²) in [5.41, 5.74) is 6.58. The van der Waals surface area contributed by atoms with Crippen molar-refractivity contribution in [3.63, 3.8) is 0 Å². The molecule has 1 aromatic rings. The molecular weight excluding hydrogens is 257 g/mol. The van der Waals surface area contributed by atoms with E-state index in [-0.39, 0.29) is 5.92 Å². The fraction of sp³-hybridized carbons (Fsp3) is 0.538. The zero-order valence-electron chi connectivity index (χ0n) is 10.2. The molecule has 0 saturated heterocycles. The largest absolute Gasteiger partial charge is 0.392 e. The summed E-state index contributed by atoms with van der Waals surface area (Å²) in [4.78, 5) is 0. The average molecular weight is 276 g/mol. The van der Waals surface area contributed by atoms with Gasteiger partial charge in [0.15, 0.2) is 0 Å². The van der Waals surface area contributed by atoms with E-state index in [1.807, 2.05) is 6.07 Å². The van der Waals surface area contributed by atoms with Crippen molar-refractivity contribution >= 4 is 23.2 Å². The van der Waals surface area contributed by atoms with Crippen LogP contribution in [0.4, 0.5) is 0 Å². The molecule has 0 spiro atoms. The normalized spacial score (nSPS) is 15.0. The molecule has 0 aliphatic rings. The summed E-state index contributed by atoms with van der Waals surface area (Å²) in [7, 11) is 0. The lowest BCUT2D eigenvalue weighted by Crippen LogP contribution is -2.33. The average Bonchev–Trinajstić information content (AvgIpc) is 2.22. The fourth-order valence-electron chi connectivity index (χ4n) is 1.94. The Balaban J connectivity index is 2.76. The van der Waals surface area contributed by atoms with Gasteiger partial charge >= 0.3 is 0 Å². The van der Waals surface area contributed by atoms with E-state index in [1.54, 1.807) is 12.1 Å². The van der Waals surface area contributed by atoms with Gasteiger partial charge < -0.3 is 10.8 Å². The molecular formula is C13H19Cl2NO. The Morgan fingerprint density at radius 2 is 1.94 bits per heavy atom. The van der Waals surface area contributed by atoms with Crippen LogP contribution in [0.25, 0.3) is 0 Å². The summed E-state index contributed by atoms with van der Waals surface area (Å²) in [6.45, 7) is 4.60. The van der Waals surface area contributed by atoms with Gasteiger partial charge in [-0.05, 0) is 36.1 Å². The van der Waals surface area contributed by atoms with E-state index in [2.05, 4.69) is 13.8 Å². The van der Waals surface area contributed by atoms with Crippen LogP contribution in [0.1, 0.15) is 19.4 Å². The Kier molecular flexibility index (Phi) is 5.74. The van der Waals surface area contributed by atoms with Gasteiger partial charge in [0.2, 0.25) is 0 Å². The van der Waals surface area contributed by atoms with Crippen molar-refractivity contribution in [1.29, 1.82) is 0 Å². The molecule has 3 N–H and O–H groups in total. The van der Waals surface area contributed by atoms with Crippen molar-refractivity contribution in [3.05, 3.63) is 33.8 Å². The second kappa shape index (κ2) is 6.60. The van der Waals surface area contributed by atoms with Gasteiger partial charge in [-0.25, -0.2) is 0 Å². The van der Waals surface area contributed by atoms with Gasteiger partial charge in [0, 0.05) is 16.5 Å². The van der Waals surface area contributed by atoms with Crippen LogP contribution in [-0.2, 0) is 6.42 Å². The van der Waals surface area contributed by atoms with Gasteiger partial charge in [0.25, 0.3) is 0 Å². The van der Waals surface area contributed by atoms with Gasteiger partial charge in [0.1, 0.15) is 0 Å². The smallest absolute Gasteiger partial charge is 0.0623 e. The molecule has 0 bridgehead atoms. The second-order valence-corrected chi connectivity index (χ2v) is 5.49. The fourth-order valence-corrected chi connectivity index (χ4v) is 2.42. The molecule has 1 rings (SSSR count). The maximum atomic E-state index is 10.2. The Morgan fingerprint density at radius 1 is 1.29 bits per heavy atom. The molecule has 0 aliphatic heterocycles. The third-order valence-corrected chi connectivity index (χ3v) is 3.65. The Morgan fingerprint density at radius 3 is 2.41 bits per heavy atom. The van der Waals surface area contributed by atoms with E-state index in [0.717, 1.165) is 5.56 Å². The number of rotatable bonds is 5. The number of aliphatic hydroxyl groups is 1. The van der Waals surface area contributed by atoms with Crippen molar-refractivity contribution in [2.45, 2.75) is 26.4 Å². The first-order valence-corrected chi connectivity index (χ1v) is 6.53.